The highest BCUT2D eigenvalue weighted by Crippen LogP contribution is 2.34. The lowest BCUT2D eigenvalue weighted by molar-refractivity contribution is 0.0997. The van der Waals surface area contributed by atoms with Crippen LogP contribution >= 0.6 is 15.9 Å². The summed E-state index contributed by atoms with van der Waals surface area (Å²) in [7, 11) is -2.02. The summed E-state index contributed by atoms with van der Waals surface area (Å²) in [6.45, 7) is 0.911. The number of ketones is 2. The number of hydrogen-bond donors (Lipinski definition) is 1. The summed E-state index contributed by atoms with van der Waals surface area (Å²) < 4.78 is 38.8. The number of nitrogens with one attached hydrogen (secondary N) is 1. The summed E-state index contributed by atoms with van der Waals surface area (Å²) in [5.74, 6) is 0.0689. The third kappa shape index (κ3) is 4.99. The lowest BCUT2D eigenvalue weighted by atomic mass is 10.1. The molecule has 0 radical (unpaired) electrons. The highest BCUT2D eigenvalue weighted by atomic mass is 79.9. The first-order chi connectivity index (χ1) is 18.3. The minimum atomic E-state index is -3.56. The molecule has 1 N–H and O–H groups in total. The number of sulfonamides is 1. The van der Waals surface area contributed by atoms with E-state index in [2.05, 4.69) is 21.2 Å². The summed E-state index contributed by atoms with van der Waals surface area (Å²) in [4.78, 5) is 26.6. The van der Waals surface area contributed by atoms with E-state index in [1.54, 1.807) is 37.4 Å². The van der Waals surface area contributed by atoms with Gasteiger partial charge in [0, 0.05) is 29.6 Å². The van der Waals surface area contributed by atoms with E-state index in [0.717, 1.165) is 12.8 Å². The van der Waals surface area contributed by atoms with Gasteiger partial charge in [-0.1, -0.05) is 12.1 Å². The van der Waals surface area contributed by atoms with Crippen LogP contribution < -0.4 is 10.1 Å². The molecule has 8 nitrogen and oxygen atoms in total. The van der Waals surface area contributed by atoms with E-state index in [4.69, 9.17) is 9.15 Å². The van der Waals surface area contributed by atoms with Gasteiger partial charge < -0.3 is 14.5 Å². The van der Waals surface area contributed by atoms with Gasteiger partial charge in [-0.2, -0.15) is 4.31 Å². The third-order valence-electron chi connectivity index (χ3n) is 6.52. The van der Waals surface area contributed by atoms with Crippen molar-refractivity contribution < 1.29 is 27.2 Å². The summed E-state index contributed by atoms with van der Waals surface area (Å²) in [5.41, 5.74) is 1.67. The zero-order valence-corrected chi connectivity index (χ0v) is 23.0. The molecule has 196 valence electrons. The first kappa shape index (κ1) is 26.1. The molecule has 0 atom stereocenters. The average molecular weight is 597 g/mol. The number of rotatable bonds is 9. The Bertz CT molecular complexity index is 1620. The van der Waals surface area contributed by atoms with Crippen LogP contribution in [0.5, 0.6) is 5.75 Å². The van der Waals surface area contributed by atoms with Crippen molar-refractivity contribution in [2.45, 2.75) is 17.7 Å². The van der Waals surface area contributed by atoms with E-state index in [9.17, 15) is 18.0 Å². The van der Waals surface area contributed by atoms with Crippen LogP contribution in [0.25, 0.3) is 11.0 Å². The van der Waals surface area contributed by atoms with E-state index in [1.165, 1.54) is 28.6 Å². The van der Waals surface area contributed by atoms with Crippen LogP contribution in [0.4, 0.5) is 5.69 Å². The molecule has 10 heteroatoms. The molecule has 0 bridgehead atoms. The van der Waals surface area contributed by atoms with Gasteiger partial charge in [0.15, 0.2) is 11.5 Å². The number of halogens is 1. The van der Waals surface area contributed by atoms with Crippen molar-refractivity contribution in [2.24, 2.45) is 0 Å². The summed E-state index contributed by atoms with van der Waals surface area (Å²) in [5, 5.41) is 3.75. The number of carbonyl (C=O) groups excluding carboxylic acids is 2. The number of hydrogen-bond acceptors (Lipinski definition) is 7. The smallest absolute Gasteiger partial charge is 0.243 e. The predicted molar refractivity (Wildman–Crippen MR) is 148 cm³/mol. The van der Waals surface area contributed by atoms with Crippen molar-refractivity contribution in [3.8, 4) is 5.75 Å². The maximum absolute atomic E-state index is 13.4. The van der Waals surface area contributed by atoms with Crippen molar-refractivity contribution in [2.75, 3.05) is 32.1 Å². The Hall–Kier alpha value is -3.47. The standard InChI is InChI=1S/C28H25BrN2O6S/c1-36-25-13-10-19(16-22(25)29)27(33)28-26(21-6-2-3-7-24(21)37-28)30-17-23(32)18-8-11-20(12-9-18)38(34,35)31-14-4-5-15-31/h2-3,6-13,16,30H,4-5,14-15,17H2,1H3. The van der Waals surface area contributed by atoms with Gasteiger partial charge in [-0.25, -0.2) is 8.42 Å². The predicted octanol–water partition coefficient (Wildman–Crippen LogP) is 5.51. The highest BCUT2D eigenvalue weighted by molar-refractivity contribution is 9.10. The number of para-hydroxylation sites is 1. The number of Topliss-reactive ketones (excluding diaryl/α,β-unsaturated/α-hetero) is 1. The number of nitrogens with zero attached hydrogens (tertiary/aromatic N) is 1. The van der Waals surface area contributed by atoms with Crippen molar-refractivity contribution >= 4 is 54.2 Å². The number of fused-ring (bicyclic) bond motifs is 1. The topological polar surface area (TPSA) is 106 Å². The van der Waals surface area contributed by atoms with Gasteiger partial charge >= 0.3 is 0 Å². The summed E-state index contributed by atoms with van der Waals surface area (Å²) >= 11 is 3.40. The second-order valence-corrected chi connectivity index (χ2v) is 11.7. The molecule has 0 aliphatic carbocycles. The largest absolute Gasteiger partial charge is 0.496 e. The number of benzene rings is 3. The quantitative estimate of drug-likeness (QED) is 0.254. The van der Waals surface area contributed by atoms with Crippen LogP contribution in [-0.4, -0.2) is 51.0 Å². The van der Waals surface area contributed by atoms with E-state index >= 15 is 0 Å². The van der Waals surface area contributed by atoms with Gasteiger partial charge in [0.05, 0.1) is 28.7 Å². The van der Waals surface area contributed by atoms with Crippen molar-refractivity contribution in [3.63, 3.8) is 0 Å². The lowest BCUT2D eigenvalue weighted by Crippen LogP contribution is -2.27. The first-order valence-electron chi connectivity index (χ1n) is 12.1. The first-order valence-corrected chi connectivity index (χ1v) is 14.3. The molecule has 0 spiro atoms. The van der Waals surface area contributed by atoms with Crippen LogP contribution in [0.2, 0.25) is 0 Å². The molecule has 0 unspecified atom stereocenters. The molecule has 1 saturated heterocycles. The Balaban J connectivity index is 1.38. The number of furan rings is 1. The third-order valence-corrected chi connectivity index (χ3v) is 9.05. The average Bonchev–Trinajstić information content (AvgIpc) is 3.60. The Labute approximate surface area is 228 Å². The minimum absolute atomic E-state index is 0.0862. The molecule has 5 rings (SSSR count). The van der Waals surface area contributed by atoms with Crippen molar-refractivity contribution in [1.82, 2.24) is 4.31 Å². The molecular formula is C28H25BrN2O6S. The molecule has 2 heterocycles. The highest BCUT2D eigenvalue weighted by Gasteiger charge is 2.27. The number of carbonyl (C=O) groups is 2. The Morgan fingerprint density at radius 3 is 2.37 bits per heavy atom. The van der Waals surface area contributed by atoms with Crippen LogP contribution in [-0.2, 0) is 10.0 Å². The number of ether oxygens (including phenoxy) is 1. The molecule has 0 amide bonds. The van der Waals surface area contributed by atoms with Crippen LogP contribution in [0, 0.1) is 0 Å². The monoisotopic (exact) mass is 596 g/mol. The fraction of sp³-hybridized carbons (Fsp3) is 0.214. The molecule has 38 heavy (non-hydrogen) atoms. The fourth-order valence-electron chi connectivity index (χ4n) is 4.48. The molecule has 1 aliphatic heterocycles. The van der Waals surface area contributed by atoms with E-state index < -0.39 is 10.0 Å². The molecule has 1 aliphatic rings. The van der Waals surface area contributed by atoms with Gasteiger partial charge in [-0.3, -0.25) is 9.59 Å². The van der Waals surface area contributed by atoms with E-state index in [1.807, 2.05) is 12.1 Å². The minimum Gasteiger partial charge on any atom is -0.496 e. The van der Waals surface area contributed by atoms with Gasteiger partial charge in [-0.15, -0.1) is 0 Å². The Kier molecular flexibility index (Phi) is 7.38. The van der Waals surface area contributed by atoms with Crippen LogP contribution in [0.15, 0.2) is 80.5 Å². The second kappa shape index (κ2) is 10.7. The van der Waals surface area contributed by atoms with Gasteiger partial charge in [0.25, 0.3) is 0 Å². The molecule has 3 aromatic carbocycles. The van der Waals surface area contributed by atoms with Crippen LogP contribution in [0.3, 0.4) is 0 Å². The molecular weight excluding hydrogens is 572 g/mol. The molecule has 4 aromatic rings. The maximum Gasteiger partial charge on any atom is 0.243 e. The second-order valence-electron chi connectivity index (χ2n) is 8.89. The summed E-state index contributed by atoms with van der Waals surface area (Å²) in [6, 6.07) is 18.1. The zero-order valence-electron chi connectivity index (χ0n) is 20.6. The van der Waals surface area contributed by atoms with Crippen LogP contribution in [0.1, 0.15) is 39.3 Å². The molecule has 0 saturated carbocycles. The SMILES string of the molecule is COc1ccc(C(=O)c2oc3ccccc3c2NCC(=O)c2ccc(S(=O)(=O)N3CCCC3)cc2)cc1Br. The maximum atomic E-state index is 13.4. The van der Waals surface area contributed by atoms with Crippen molar-refractivity contribution in [1.29, 1.82) is 0 Å². The lowest BCUT2D eigenvalue weighted by Gasteiger charge is -2.15. The van der Waals surface area contributed by atoms with E-state index in [0.29, 0.717) is 51.1 Å². The number of methoxy groups -OCH3 is 1. The van der Waals surface area contributed by atoms with Gasteiger partial charge in [-0.05, 0) is 83.4 Å². The van der Waals surface area contributed by atoms with Gasteiger partial charge in [0.1, 0.15) is 11.3 Å². The van der Waals surface area contributed by atoms with E-state index in [-0.39, 0.29) is 28.8 Å². The van der Waals surface area contributed by atoms with Gasteiger partial charge in [0.2, 0.25) is 15.8 Å². The molecule has 1 aromatic heterocycles. The normalized spacial score (nSPS) is 14.1. The number of anilines is 1. The summed E-state index contributed by atoms with van der Waals surface area (Å²) in [6.07, 6.45) is 1.70. The molecule has 1 fully saturated rings. The van der Waals surface area contributed by atoms with Crippen molar-refractivity contribution in [3.05, 3.63) is 88.1 Å². The Morgan fingerprint density at radius 2 is 1.68 bits per heavy atom. The Morgan fingerprint density at radius 1 is 1.00 bits per heavy atom. The fourth-order valence-corrected chi connectivity index (χ4v) is 6.54. The zero-order chi connectivity index (χ0) is 26.9.